The Balaban J connectivity index is 0.996. The second kappa shape index (κ2) is 17.2. The number of fused-ring (bicyclic) bond motifs is 9. The highest BCUT2D eigenvalue weighted by molar-refractivity contribution is 7.25. The van der Waals surface area contributed by atoms with Crippen LogP contribution in [0.25, 0.3) is 75.2 Å². The highest BCUT2D eigenvalue weighted by Gasteiger charge is 2.24. The molecule has 0 spiro atoms. The molecule has 6 heteroatoms. The zero-order valence-corrected chi connectivity index (χ0v) is 39.7. The summed E-state index contributed by atoms with van der Waals surface area (Å²) in [5.74, 6) is 0. The number of para-hydroxylation sites is 5. The van der Waals surface area contributed by atoms with Gasteiger partial charge in [0.05, 0.1) is 17.1 Å². The second-order valence-electron chi connectivity index (χ2n) is 18.1. The molecule has 0 aliphatic heterocycles. The van der Waals surface area contributed by atoms with Crippen molar-refractivity contribution >= 4 is 127 Å². The maximum Gasteiger partial charge on any atom is 0.135 e. The third-order valence-electron chi connectivity index (χ3n) is 13.8. The third kappa shape index (κ3) is 7.24. The molecule has 0 aliphatic carbocycles. The first kappa shape index (κ1) is 41.6. The minimum Gasteiger partial charge on any atom is -0.456 e. The number of furan rings is 2. The topological polar surface area (TPSA) is 36.0 Å². The Bertz CT molecular complexity index is 4120. The van der Waals surface area contributed by atoms with Gasteiger partial charge >= 0.3 is 0 Å². The van der Waals surface area contributed by atoms with Crippen LogP contribution >= 0.6 is 11.3 Å². The first-order valence-corrected chi connectivity index (χ1v) is 25.0. The first-order chi connectivity index (χ1) is 35.7. The third-order valence-corrected chi connectivity index (χ3v) is 14.9. The molecular formula is C66H43N3O2S. The molecule has 5 nitrogen and oxygen atoms in total. The fourth-order valence-electron chi connectivity index (χ4n) is 10.5. The lowest BCUT2D eigenvalue weighted by atomic mass is 10.0. The van der Waals surface area contributed by atoms with Gasteiger partial charge in [-0.2, -0.15) is 0 Å². The number of thiophene rings is 1. The van der Waals surface area contributed by atoms with Crippen LogP contribution in [0.3, 0.4) is 0 Å². The van der Waals surface area contributed by atoms with Gasteiger partial charge < -0.3 is 23.5 Å². The van der Waals surface area contributed by atoms with Crippen LogP contribution in [0.15, 0.2) is 270 Å². The molecule has 72 heavy (non-hydrogen) atoms. The highest BCUT2D eigenvalue weighted by Crippen LogP contribution is 2.48. The Morgan fingerprint density at radius 2 is 0.597 bits per heavy atom. The molecular weight excluding hydrogens is 899 g/mol. The van der Waals surface area contributed by atoms with E-state index < -0.39 is 0 Å². The van der Waals surface area contributed by atoms with E-state index in [-0.39, 0.29) is 0 Å². The molecule has 0 radical (unpaired) electrons. The van der Waals surface area contributed by atoms with Gasteiger partial charge in [0, 0.05) is 75.8 Å². The van der Waals surface area contributed by atoms with Crippen LogP contribution in [0.5, 0.6) is 0 Å². The van der Waals surface area contributed by atoms with Gasteiger partial charge in [0.25, 0.3) is 0 Å². The van der Waals surface area contributed by atoms with Crippen molar-refractivity contribution in [3.8, 4) is 11.1 Å². The quantitative estimate of drug-likeness (QED) is 0.137. The van der Waals surface area contributed by atoms with Gasteiger partial charge in [0.2, 0.25) is 0 Å². The molecule has 0 amide bonds. The normalized spacial score (nSPS) is 11.6. The van der Waals surface area contributed by atoms with Crippen molar-refractivity contribution < 1.29 is 8.83 Å². The number of benzene rings is 11. The van der Waals surface area contributed by atoms with Gasteiger partial charge in [0.15, 0.2) is 0 Å². The van der Waals surface area contributed by atoms with E-state index in [2.05, 4.69) is 251 Å². The Morgan fingerprint density at radius 1 is 0.222 bits per heavy atom. The first-order valence-electron chi connectivity index (χ1n) is 24.2. The smallest absolute Gasteiger partial charge is 0.135 e. The summed E-state index contributed by atoms with van der Waals surface area (Å²) < 4.78 is 15.1. The van der Waals surface area contributed by atoms with Crippen molar-refractivity contribution in [1.29, 1.82) is 0 Å². The van der Waals surface area contributed by atoms with Gasteiger partial charge in [-0.3, -0.25) is 0 Å². The molecule has 0 saturated heterocycles. The molecule has 0 N–H and O–H groups in total. The standard InChI is InChI=1S/C66H43N3O2S/c1-4-16-46(17-5-1)67(49-31-28-44(29-32-49)45-30-35-63-58(38-45)55-22-10-13-25-61(55)70-63)52-39-53(68(47-18-6-2-7-19-47)50-33-36-64-59(42-50)56-23-11-14-26-62(56)71-64)41-54(40-52)69(48-20-8-3-9-21-48)51-34-37-66-60(43-51)57-24-12-15-27-65(57)72-66/h1-43H. The van der Waals surface area contributed by atoms with Gasteiger partial charge in [-0.15, -0.1) is 11.3 Å². The van der Waals surface area contributed by atoms with Crippen LogP contribution in [0.2, 0.25) is 0 Å². The summed E-state index contributed by atoms with van der Waals surface area (Å²) in [6.45, 7) is 0. The van der Waals surface area contributed by atoms with Gasteiger partial charge in [-0.1, -0.05) is 127 Å². The van der Waals surface area contributed by atoms with Crippen molar-refractivity contribution in [3.05, 3.63) is 261 Å². The summed E-state index contributed by atoms with van der Waals surface area (Å²) in [4.78, 5) is 7.14. The summed E-state index contributed by atoms with van der Waals surface area (Å²) in [6, 6.07) is 93.2. The summed E-state index contributed by atoms with van der Waals surface area (Å²) in [5.41, 5.74) is 15.0. The molecule has 0 fully saturated rings. The maximum absolute atomic E-state index is 6.38. The van der Waals surface area contributed by atoms with Crippen molar-refractivity contribution in [1.82, 2.24) is 0 Å². The monoisotopic (exact) mass is 941 g/mol. The molecule has 0 atom stereocenters. The van der Waals surface area contributed by atoms with Gasteiger partial charge in [-0.05, 0) is 145 Å². The van der Waals surface area contributed by atoms with Crippen LogP contribution < -0.4 is 14.7 Å². The van der Waals surface area contributed by atoms with Crippen molar-refractivity contribution in [2.24, 2.45) is 0 Å². The Hall–Kier alpha value is -9.36. The fraction of sp³-hybridized carbons (Fsp3) is 0. The van der Waals surface area contributed by atoms with Crippen LogP contribution in [0.1, 0.15) is 0 Å². The fourth-order valence-corrected chi connectivity index (χ4v) is 11.5. The van der Waals surface area contributed by atoms with Crippen LogP contribution in [0, 0.1) is 0 Å². The van der Waals surface area contributed by atoms with E-state index in [0.29, 0.717) is 0 Å². The second-order valence-corrected chi connectivity index (χ2v) is 19.2. The summed E-state index contributed by atoms with van der Waals surface area (Å²) >= 11 is 1.84. The molecule has 3 heterocycles. The molecule has 14 rings (SSSR count). The number of hydrogen-bond donors (Lipinski definition) is 0. The minimum atomic E-state index is 0.853. The Kier molecular flexibility index (Phi) is 9.96. The van der Waals surface area contributed by atoms with Gasteiger partial charge in [-0.25, -0.2) is 0 Å². The van der Waals surface area contributed by atoms with Crippen molar-refractivity contribution in [2.45, 2.75) is 0 Å². The number of hydrogen-bond acceptors (Lipinski definition) is 6. The molecule has 340 valence electrons. The SMILES string of the molecule is c1ccc(N(c2ccc(-c3ccc4oc5ccccc5c4c3)cc2)c2cc(N(c3ccccc3)c3ccc4oc5ccccc5c4c3)cc(N(c3ccccc3)c3ccc4sc5ccccc5c4c3)c2)cc1. The summed E-state index contributed by atoms with van der Waals surface area (Å²) in [7, 11) is 0. The number of anilines is 9. The lowest BCUT2D eigenvalue weighted by molar-refractivity contribution is 0.668. The van der Waals surface area contributed by atoms with E-state index in [1.807, 2.05) is 35.6 Å². The zero-order chi connectivity index (χ0) is 47.5. The zero-order valence-electron chi connectivity index (χ0n) is 38.9. The Morgan fingerprint density at radius 3 is 1.17 bits per heavy atom. The highest BCUT2D eigenvalue weighted by atomic mass is 32.1. The minimum absolute atomic E-state index is 0.853. The molecule has 0 unspecified atom stereocenters. The number of nitrogens with zero attached hydrogens (tertiary/aromatic N) is 3. The predicted octanol–water partition coefficient (Wildman–Crippen LogP) is 19.9. The van der Waals surface area contributed by atoms with E-state index in [1.54, 1.807) is 0 Å². The maximum atomic E-state index is 6.38. The lowest BCUT2D eigenvalue weighted by Crippen LogP contribution is -2.16. The van der Waals surface area contributed by atoms with E-state index in [9.17, 15) is 0 Å². The van der Waals surface area contributed by atoms with E-state index in [4.69, 9.17) is 8.83 Å². The summed E-state index contributed by atoms with van der Waals surface area (Å²) in [6.07, 6.45) is 0. The Labute approximate surface area is 419 Å². The van der Waals surface area contributed by atoms with Crippen LogP contribution in [-0.4, -0.2) is 0 Å². The largest absolute Gasteiger partial charge is 0.456 e. The van der Waals surface area contributed by atoms with Crippen molar-refractivity contribution in [2.75, 3.05) is 14.7 Å². The van der Waals surface area contributed by atoms with E-state index in [0.717, 1.165) is 106 Å². The molecule has 0 bridgehead atoms. The van der Waals surface area contributed by atoms with Crippen molar-refractivity contribution in [3.63, 3.8) is 0 Å². The average Bonchev–Trinajstić information content (AvgIpc) is 4.13. The molecule has 0 aliphatic rings. The van der Waals surface area contributed by atoms with E-state index in [1.165, 1.54) is 20.2 Å². The average molecular weight is 942 g/mol. The number of rotatable bonds is 10. The van der Waals surface area contributed by atoms with E-state index >= 15 is 0 Å². The van der Waals surface area contributed by atoms with Gasteiger partial charge in [0.1, 0.15) is 22.3 Å². The molecule has 0 saturated carbocycles. The predicted molar refractivity (Wildman–Crippen MR) is 303 cm³/mol. The summed E-state index contributed by atoms with van der Waals surface area (Å²) in [5, 5.41) is 6.88. The van der Waals surface area contributed by atoms with Crippen LogP contribution in [-0.2, 0) is 0 Å². The lowest BCUT2D eigenvalue weighted by Gasteiger charge is -2.33. The molecule has 14 aromatic rings. The molecule has 3 aromatic heterocycles. The van der Waals surface area contributed by atoms with Crippen LogP contribution in [0.4, 0.5) is 51.2 Å². The molecule has 11 aromatic carbocycles.